The Labute approximate surface area is 121 Å². The fourth-order valence-corrected chi connectivity index (χ4v) is 2.40. The summed E-state index contributed by atoms with van der Waals surface area (Å²) in [4.78, 5) is 10.8. The van der Waals surface area contributed by atoms with E-state index in [1.54, 1.807) is 25.3 Å². The van der Waals surface area contributed by atoms with Gasteiger partial charge in [-0.2, -0.15) is 0 Å². The average molecular weight is 279 g/mol. The summed E-state index contributed by atoms with van der Waals surface area (Å²) >= 11 is 0. The quantitative estimate of drug-likeness (QED) is 0.526. The molecule has 0 atom stereocenters. The standard InChI is InChI=1S/C17H13NO3/c1-21-15-9-8-12-10-14(7-6-13(12)11-15)16-4-2-3-5-17(16)18(19)20/h2-11H,1H3. The highest BCUT2D eigenvalue weighted by Crippen LogP contribution is 2.32. The molecule has 3 aromatic carbocycles. The molecule has 0 radical (unpaired) electrons. The second-order valence-corrected chi connectivity index (χ2v) is 4.70. The van der Waals surface area contributed by atoms with E-state index in [1.165, 1.54) is 6.07 Å². The SMILES string of the molecule is COc1ccc2cc(-c3ccccc3[N+](=O)[O-])ccc2c1. The van der Waals surface area contributed by atoms with Gasteiger partial charge in [-0.3, -0.25) is 10.1 Å². The van der Waals surface area contributed by atoms with E-state index in [-0.39, 0.29) is 10.6 Å². The van der Waals surface area contributed by atoms with Crippen molar-refractivity contribution in [1.82, 2.24) is 0 Å². The summed E-state index contributed by atoms with van der Waals surface area (Å²) in [5, 5.41) is 13.2. The topological polar surface area (TPSA) is 52.4 Å². The van der Waals surface area contributed by atoms with E-state index in [0.717, 1.165) is 22.1 Å². The molecule has 0 aliphatic carbocycles. The van der Waals surface area contributed by atoms with Crippen LogP contribution in [-0.2, 0) is 0 Å². The van der Waals surface area contributed by atoms with Crippen LogP contribution >= 0.6 is 0 Å². The Morgan fingerprint density at radius 2 is 1.67 bits per heavy atom. The zero-order valence-electron chi connectivity index (χ0n) is 11.4. The number of hydrogen-bond acceptors (Lipinski definition) is 3. The number of hydrogen-bond donors (Lipinski definition) is 0. The smallest absolute Gasteiger partial charge is 0.277 e. The molecule has 0 aromatic heterocycles. The van der Waals surface area contributed by atoms with Crippen molar-refractivity contribution in [3.63, 3.8) is 0 Å². The third kappa shape index (κ3) is 2.43. The van der Waals surface area contributed by atoms with Crippen LogP contribution in [0.5, 0.6) is 5.75 Å². The number of methoxy groups -OCH3 is 1. The molecule has 104 valence electrons. The number of para-hydroxylation sites is 1. The summed E-state index contributed by atoms with van der Waals surface area (Å²) in [5.41, 5.74) is 1.57. The largest absolute Gasteiger partial charge is 0.497 e. The van der Waals surface area contributed by atoms with Crippen LogP contribution in [0.2, 0.25) is 0 Å². The van der Waals surface area contributed by atoms with Gasteiger partial charge in [0, 0.05) is 6.07 Å². The van der Waals surface area contributed by atoms with Crippen LogP contribution < -0.4 is 4.74 Å². The lowest BCUT2D eigenvalue weighted by molar-refractivity contribution is -0.384. The number of nitro groups is 1. The lowest BCUT2D eigenvalue weighted by Gasteiger charge is -2.06. The number of nitrogens with zero attached hydrogens (tertiary/aromatic N) is 1. The van der Waals surface area contributed by atoms with Gasteiger partial charge in [-0.25, -0.2) is 0 Å². The molecule has 0 unspecified atom stereocenters. The third-order valence-electron chi connectivity index (χ3n) is 3.46. The van der Waals surface area contributed by atoms with E-state index in [4.69, 9.17) is 4.74 Å². The molecule has 0 heterocycles. The van der Waals surface area contributed by atoms with Gasteiger partial charge < -0.3 is 4.74 Å². The molecule has 0 N–H and O–H groups in total. The maximum absolute atomic E-state index is 11.1. The molecule has 0 saturated heterocycles. The van der Waals surface area contributed by atoms with Crippen molar-refractivity contribution in [1.29, 1.82) is 0 Å². The molecule has 0 amide bonds. The van der Waals surface area contributed by atoms with Crippen molar-refractivity contribution in [2.45, 2.75) is 0 Å². The van der Waals surface area contributed by atoms with E-state index in [1.807, 2.05) is 36.4 Å². The fraction of sp³-hybridized carbons (Fsp3) is 0.0588. The molecule has 3 rings (SSSR count). The highest BCUT2D eigenvalue weighted by Gasteiger charge is 2.14. The minimum Gasteiger partial charge on any atom is -0.497 e. The van der Waals surface area contributed by atoms with Crippen LogP contribution in [0.15, 0.2) is 60.7 Å². The second kappa shape index (κ2) is 5.25. The Bertz CT molecular complexity index is 827. The van der Waals surface area contributed by atoms with E-state index >= 15 is 0 Å². The van der Waals surface area contributed by atoms with Gasteiger partial charge in [0.05, 0.1) is 17.6 Å². The third-order valence-corrected chi connectivity index (χ3v) is 3.46. The highest BCUT2D eigenvalue weighted by molar-refractivity contribution is 5.89. The first-order valence-corrected chi connectivity index (χ1v) is 6.50. The molecule has 0 aliphatic heterocycles. The minimum absolute atomic E-state index is 0.116. The first-order valence-electron chi connectivity index (χ1n) is 6.50. The summed E-state index contributed by atoms with van der Waals surface area (Å²) in [6.45, 7) is 0. The van der Waals surface area contributed by atoms with Crippen LogP contribution in [0.25, 0.3) is 21.9 Å². The van der Waals surface area contributed by atoms with E-state index < -0.39 is 0 Å². The first kappa shape index (κ1) is 13.1. The average Bonchev–Trinajstić information content (AvgIpc) is 2.53. The van der Waals surface area contributed by atoms with Crippen LogP contribution in [0.1, 0.15) is 0 Å². The normalized spacial score (nSPS) is 10.5. The number of nitro benzene ring substituents is 1. The molecule has 0 fully saturated rings. The molecule has 3 aromatic rings. The van der Waals surface area contributed by atoms with Gasteiger partial charge in [-0.1, -0.05) is 30.3 Å². The highest BCUT2D eigenvalue weighted by atomic mass is 16.6. The van der Waals surface area contributed by atoms with E-state index in [9.17, 15) is 10.1 Å². The Kier molecular flexibility index (Phi) is 3.28. The molecule has 21 heavy (non-hydrogen) atoms. The Morgan fingerprint density at radius 1 is 0.952 bits per heavy atom. The lowest BCUT2D eigenvalue weighted by Crippen LogP contribution is -1.91. The molecule has 4 heteroatoms. The maximum atomic E-state index is 11.1. The molecular weight excluding hydrogens is 266 g/mol. The van der Waals surface area contributed by atoms with Crippen molar-refractivity contribution in [3.8, 4) is 16.9 Å². The number of fused-ring (bicyclic) bond motifs is 1. The van der Waals surface area contributed by atoms with E-state index in [0.29, 0.717) is 5.56 Å². The predicted molar refractivity (Wildman–Crippen MR) is 82.6 cm³/mol. The van der Waals surface area contributed by atoms with Crippen molar-refractivity contribution in [2.24, 2.45) is 0 Å². The number of benzene rings is 3. The van der Waals surface area contributed by atoms with Gasteiger partial charge in [0.25, 0.3) is 5.69 Å². The van der Waals surface area contributed by atoms with Gasteiger partial charge in [-0.15, -0.1) is 0 Å². The number of ether oxygens (including phenoxy) is 1. The predicted octanol–water partition coefficient (Wildman–Crippen LogP) is 4.42. The lowest BCUT2D eigenvalue weighted by atomic mass is 10.00. The van der Waals surface area contributed by atoms with Crippen LogP contribution in [0.3, 0.4) is 0 Å². The molecule has 0 spiro atoms. The van der Waals surface area contributed by atoms with Crippen molar-refractivity contribution in [2.75, 3.05) is 7.11 Å². The van der Waals surface area contributed by atoms with Crippen LogP contribution in [0, 0.1) is 10.1 Å². The first-order chi connectivity index (χ1) is 10.2. The maximum Gasteiger partial charge on any atom is 0.277 e. The minimum atomic E-state index is -0.354. The zero-order chi connectivity index (χ0) is 14.8. The summed E-state index contributed by atoms with van der Waals surface area (Å²) < 4.78 is 5.20. The van der Waals surface area contributed by atoms with Gasteiger partial charge in [-0.05, 0) is 40.6 Å². The Hall–Kier alpha value is -2.88. The molecule has 0 bridgehead atoms. The summed E-state index contributed by atoms with van der Waals surface area (Å²) in [6.07, 6.45) is 0. The molecule has 0 aliphatic rings. The van der Waals surface area contributed by atoms with Gasteiger partial charge >= 0.3 is 0 Å². The summed E-state index contributed by atoms with van der Waals surface area (Å²) in [5.74, 6) is 0.793. The monoisotopic (exact) mass is 279 g/mol. The van der Waals surface area contributed by atoms with Crippen LogP contribution in [0.4, 0.5) is 5.69 Å². The van der Waals surface area contributed by atoms with Gasteiger partial charge in [0.1, 0.15) is 5.75 Å². The van der Waals surface area contributed by atoms with E-state index in [2.05, 4.69) is 0 Å². The van der Waals surface area contributed by atoms with Crippen LogP contribution in [-0.4, -0.2) is 12.0 Å². The van der Waals surface area contributed by atoms with Gasteiger partial charge in [0.2, 0.25) is 0 Å². The number of rotatable bonds is 3. The van der Waals surface area contributed by atoms with Crippen molar-refractivity contribution < 1.29 is 9.66 Å². The molecular formula is C17H13NO3. The van der Waals surface area contributed by atoms with Gasteiger partial charge in [0.15, 0.2) is 0 Å². The molecule has 4 nitrogen and oxygen atoms in total. The van der Waals surface area contributed by atoms with Crippen molar-refractivity contribution >= 4 is 16.5 Å². The fourth-order valence-electron chi connectivity index (χ4n) is 2.40. The summed E-state index contributed by atoms with van der Waals surface area (Å²) in [6, 6.07) is 18.3. The van der Waals surface area contributed by atoms with Crippen molar-refractivity contribution in [3.05, 3.63) is 70.8 Å². The Balaban J connectivity index is 2.16. The second-order valence-electron chi connectivity index (χ2n) is 4.70. The Morgan fingerprint density at radius 3 is 2.43 bits per heavy atom. The summed E-state index contributed by atoms with van der Waals surface area (Å²) in [7, 11) is 1.63. The molecule has 0 saturated carbocycles. The zero-order valence-corrected chi connectivity index (χ0v) is 11.4.